The number of carboxylic acid groups (broad SMARTS) is 1. The molecule has 0 spiro atoms. The third kappa shape index (κ3) is 4.13. The lowest BCUT2D eigenvalue weighted by atomic mass is 10.00. The molecule has 2 amide bonds. The Hall–Kier alpha value is -2.57. The van der Waals surface area contributed by atoms with E-state index >= 15 is 0 Å². The summed E-state index contributed by atoms with van der Waals surface area (Å²) in [7, 11) is 0. The van der Waals surface area contributed by atoms with Gasteiger partial charge in [-0.25, -0.2) is 4.79 Å². The SMILES string of the molecule is Cl.O=C(O)Cc1ccc(C2CNC(=O)N2c2ccc3c(c2)CCNCC3)cc1. The van der Waals surface area contributed by atoms with E-state index in [1.807, 2.05) is 35.2 Å². The number of anilines is 1. The van der Waals surface area contributed by atoms with E-state index in [9.17, 15) is 9.59 Å². The predicted octanol–water partition coefficient (Wildman–Crippen LogP) is 2.69. The number of nitrogens with one attached hydrogen (secondary N) is 2. The molecule has 2 aromatic carbocycles. The fourth-order valence-electron chi connectivity index (χ4n) is 3.91. The van der Waals surface area contributed by atoms with Crippen LogP contribution < -0.4 is 15.5 Å². The summed E-state index contributed by atoms with van der Waals surface area (Å²) in [5.41, 5.74) is 5.31. The van der Waals surface area contributed by atoms with E-state index in [1.165, 1.54) is 11.1 Å². The molecule has 0 aliphatic carbocycles. The monoisotopic (exact) mass is 401 g/mol. The summed E-state index contributed by atoms with van der Waals surface area (Å²) in [6.45, 7) is 2.48. The van der Waals surface area contributed by atoms with E-state index in [-0.39, 0.29) is 30.9 Å². The van der Waals surface area contributed by atoms with Gasteiger partial charge in [-0.05, 0) is 60.3 Å². The Bertz CT molecular complexity index is 870. The molecule has 2 heterocycles. The lowest BCUT2D eigenvalue weighted by molar-refractivity contribution is -0.136. The van der Waals surface area contributed by atoms with Crippen molar-refractivity contribution in [3.05, 3.63) is 64.7 Å². The minimum atomic E-state index is -0.846. The first kappa shape index (κ1) is 20.2. The minimum absolute atomic E-state index is 0. The van der Waals surface area contributed by atoms with Gasteiger partial charge in [0.15, 0.2) is 0 Å². The topological polar surface area (TPSA) is 81.7 Å². The van der Waals surface area contributed by atoms with E-state index in [4.69, 9.17) is 5.11 Å². The summed E-state index contributed by atoms with van der Waals surface area (Å²) >= 11 is 0. The van der Waals surface area contributed by atoms with Crippen LogP contribution >= 0.6 is 12.4 Å². The number of amides is 2. The number of carbonyl (C=O) groups is 2. The quantitative estimate of drug-likeness (QED) is 0.735. The van der Waals surface area contributed by atoms with Crippen molar-refractivity contribution < 1.29 is 14.7 Å². The van der Waals surface area contributed by atoms with Gasteiger partial charge >= 0.3 is 12.0 Å². The van der Waals surface area contributed by atoms with Crippen molar-refractivity contribution in [2.24, 2.45) is 0 Å². The van der Waals surface area contributed by atoms with E-state index in [1.54, 1.807) is 0 Å². The second-order valence-corrected chi connectivity index (χ2v) is 7.09. The summed E-state index contributed by atoms with van der Waals surface area (Å²) in [5, 5.41) is 15.3. The molecule has 148 valence electrons. The Morgan fingerprint density at radius 3 is 2.50 bits per heavy atom. The first-order valence-corrected chi connectivity index (χ1v) is 9.32. The first-order chi connectivity index (χ1) is 13.1. The highest BCUT2D eigenvalue weighted by Crippen LogP contribution is 2.32. The number of benzene rings is 2. The molecule has 1 atom stereocenters. The van der Waals surface area contributed by atoms with Gasteiger partial charge in [-0.1, -0.05) is 30.3 Å². The van der Waals surface area contributed by atoms with Crippen molar-refractivity contribution in [1.82, 2.24) is 10.6 Å². The second kappa shape index (κ2) is 8.63. The van der Waals surface area contributed by atoms with Crippen LogP contribution in [0.4, 0.5) is 10.5 Å². The number of nitrogens with zero attached hydrogens (tertiary/aromatic N) is 1. The Kier molecular flexibility index (Phi) is 6.21. The maximum atomic E-state index is 12.5. The maximum Gasteiger partial charge on any atom is 0.322 e. The van der Waals surface area contributed by atoms with Crippen LogP contribution in [0.1, 0.15) is 28.3 Å². The molecule has 0 radical (unpaired) electrons. The average molecular weight is 402 g/mol. The molecule has 2 aliphatic heterocycles. The molecule has 2 aliphatic rings. The number of urea groups is 1. The summed E-state index contributed by atoms with van der Waals surface area (Å²) in [4.78, 5) is 25.2. The highest BCUT2D eigenvalue weighted by molar-refractivity contribution is 5.95. The van der Waals surface area contributed by atoms with Gasteiger partial charge in [0, 0.05) is 12.2 Å². The van der Waals surface area contributed by atoms with Crippen molar-refractivity contribution >= 4 is 30.1 Å². The van der Waals surface area contributed by atoms with Crippen LogP contribution in [0.3, 0.4) is 0 Å². The molecule has 28 heavy (non-hydrogen) atoms. The molecule has 6 nitrogen and oxygen atoms in total. The van der Waals surface area contributed by atoms with Crippen molar-refractivity contribution in [3.8, 4) is 0 Å². The summed E-state index contributed by atoms with van der Waals surface area (Å²) < 4.78 is 0. The largest absolute Gasteiger partial charge is 0.481 e. The van der Waals surface area contributed by atoms with Gasteiger partial charge in [0.05, 0.1) is 12.5 Å². The molecule has 1 fully saturated rings. The molecular weight excluding hydrogens is 378 g/mol. The van der Waals surface area contributed by atoms with Crippen LogP contribution in [0.15, 0.2) is 42.5 Å². The van der Waals surface area contributed by atoms with Crippen LogP contribution in [0.25, 0.3) is 0 Å². The number of rotatable bonds is 4. The molecule has 1 saturated heterocycles. The fourth-order valence-corrected chi connectivity index (χ4v) is 3.91. The van der Waals surface area contributed by atoms with E-state index in [0.29, 0.717) is 6.54 Å². The van der Waals surface area contributed by atoms with E-state index < -0.39 is 5.97 Å². The summed E-state index contributed by atoms with van der Waals surface area (Å²) in [6.07, 6.45) is 1.98. The molecular formula is C21H24ClN3O3. The Morgan fingerprint density at radius 2 is 1.79 bits per heavy atom. The number of hydrogen-bond acceptors (Lipinski definition) is 3. The van der Waals surface area contributed by atoms with Gasteiger partial charge in [0.1, 0.15) is 0 Å². The standard InChI is InChI=1S/C21H23N3O3.ClH/c25-20(26)11-14-1-3-16(4-2-14)19-13-23-21(27)24(19)18-6-5-15-7-9-22-10-8-17(15)12-18;/h1-6,12,19,22H,7-11,13H2,(H,23,27)(H,25,26);1H. The molecule has 0 saturated carbocycles. The van der Waals surface area contributed by atoms with Gasteiger partial charge < -0.3 is 15.7 Å². The lowest BCUT2D eigenvalue weighted by Gasteiger charge is -2.25. The molecule has 4 rings (SSSR count). The van der Waals surface area contributed by atoms with Crippen LogP contribution in [-0.2, 0) is 24.1 Å². The minimum Gasteiger partial charge on any atom is -0.481 e. The molecule has 2 aromatic rings. The van der Waals surface area contributed by atoms with Crippen molar-refractivity contribution in [1.29, 1.82) is 0 Å². The van der Waals surface area contributed by atoms with Crippen molar-refractivity contribution in [3.63, 3.8) is 0 Å². The predicted molar refractivity (Wildman–Crippen MR) is 110 cm³/mol. The van der Waals surface area contributed by atoms with E-state index in [0.717, 1.165) is 42.7 Å². The second-order valence-electron chi connectivity index (χ2n) is 7.09. The number of aliphatic carboxylic acids is 1. The van der Waals surface area contributed by atoms with Crippen LogP contribution in [-0.4, -0.2) is 36.7 Å². The Morgan fingerprint density at radius 1 is 1.07 bits per heavy atom. The third-order valence-corrected chi connectivity index (χ3v) is 5.31. The Balaban J connectivity index is 0.00000225. The normalized spacial score (nSPS) is 18.6. The molecule has 1 unspecified atom stereocenters. The van der Waals surface area contributed by atoms with Gasteiger partial charge in [-0.15, -0.1) is 12.4 Å². The van der Waals surface area contributed by atoms with Crippen LogP contribution in [0.2, 0.25) is 0 Å². The van der Waals surface area contributed by atoms with Crippen molar-refractivity contribution in [2.45, 2.75) is 25.3 Å². The third-order valence-electron chi connectivity index (χ3n) is 5.31. The molecule has 0 bridgehead atoms. The maximum absolute atomic E-state index is 12.5. The zero-order chi connectivity index (χ0) is 18.8. The molecule has 3 N–H and O–H groups in total. The van der Waals surface area contributed by atoms with E-state index in [2.05, 4.69) is 22.8 Å². The van der Waals surface area contributed by atoms with Gasteiger partial charge in [-0.3, -0.25) is 9.69 Å². The van der Waals surface area contributed by atoms with Crippen LogP contribution in [0, 0.1) is 0 Å². The number of halogens is 1. The fraction of sp³-hybridized carbons (Fsp3) is 0.333. The smallest absolute Gasteiger partial charge is 0.322 e. The molecule has 0 aromatic heterocycles. The van der Waals surface area contributed by atoms with Gasteiger partial charge in [0.25, 0.3) is 0 Å². The zero-order valence-electron chi connectivity index (χ0n) is 15.5. The lowest BCUT2D eigenvalue weighted by Crippen LogP contribution is -2.29. The average Bonchev–Trinajstić information content (AvgIpc) is 2.88. The summed E-state index contributed by atoms with van der Waals surface area (Å²) in [6, 6.07) is 13.6. The zero-order valence-corrected chi connectivity index (χ0v) is 16.3. The number of carbonyl (C=O) groups excluding carboxylic acids is 1. The Labute approximate surface area is 170 Å². The van der Waals surface area contributed by atoms with Crippen LogP contribution in [0.5, 0.6) is 0 Å². The molecule has 7 heteroatoms. The highest BCUT2D eigenvalue weighted by atomic mass is 35.5. The number of hydrogen-bond donors (Lipinski definition) is 3. The highest BCUT2D eigenvalue weighted by Gasteiger charge is 2.33. The first-order valence-electron chi connectivity index (χ1n) is 9.32. The van der Waals surface area contributed by atoms with Gasteiger partial charge in [0.2, 0.25) is 0 Å². The number of carboxylic acids is 1. The summed E-state index contributed by atoms with van der Waals surface area (Å²) in [5.74, 6) is -0.846. The van der Waals surface area contributed by atoms with Gasteiger partial charge in [-0.2, -0.15) is 0 Å². The number of fused-ring (bicyclic) bond motifs is 1. The van der Waals surface area contributed by atoms with Crippen molar-refractivity contribution in [2.75, 3.05) is 24.5 Å².